The van der Waals surface area contributed by atoms with Crippen molar-refractivity contribution in [2.45, 2.75) is 0 Å². The Morgan fingerprint density at radius 2 is 0.613 bits per heavy atom. The Morgan fingerprint density at radius 3 is 0.742 bits per heavy atom. The molecule has 0 aliphatic carbocycles. The molecule has 0 heterocycles. The summed E-state index contributed by atoms with van der Waals surface area (Å²) in [5.74, 6) is 0.694. The zero-order chi connectivity index (χ0) is 22.7. The van der Waals surface area contributed by atoms with Gasteiger partial charge in [-0.05, 0) is 53.1 Å². The summed E-state index contributed by atoms with van der Waals surface area (Å²) in [5.41, 5.74) is 2.42. The molecular formula is C21H15CoO3S6. The molecule has 0 aromatic heterocycles. The molecule has 3 aromatic carbocycles. The Kier molecular flexibility index (Phi) is 14.6. The smallest absolute Gasteiger partial charge is 0.508 e. The predicted octanol–water partition coefficient (Wildman–Crippen LogP) is 4.84. The number of rotatable bonds is 3. The molecule has 0 radical (unpaired) electrons. The van der Waals surface area contributed by atoms with Gasteiger partial charge < -0.3 is 89.9 Å². The molecule has 3 rings (SSSR count). The number of phenolic OH excluding ortho intramolecular Hbond substituents is 3. The summed E-state index contributed by atoms with van der Waals surface area (Å²) >= 11 is 28.4. The molecule has 162 valence electrons. The Bertz CT molecular complexity index is 859. The first kappa shape index (κ1) is 29.5. The zero-order valence-corrected chi connectivity index (χ0v) is 21.5. The van der Waals surface area contributed by atoms with E-state index in [-0.39, 0.29) is 34.0 Å². The van der Waals surface area contributed by atoms with Gasteiger partial charge in [0.1, 0.15) is 17.2 Å². The van der Waals surface area contributed by atoms with Crippen molar-refractivity contribution in [3.8, 4) is 17.2 Å². The van der Waals surface area contributed by atoms with Crippen molar-refractivity contribution in [1.29, 1.82) is 0 Å². The van der Waals surface area contributed by atoms with Crippen LogP contribution in [0.4, 0.5) is 0 Å². The van der Waals surface area contributed by atoms with Gasteiger partial charge >= 0.3 is 16.8 Å². The van der Waals surface area contributed by atoms with Crippen molar-refractivity contribution in [2.75, 3.05) is 0 Å². The number of thiocarbonyl (C=S) groups is 3. The number of hydrogen-bond acceptors (Lipinski definition) is 9. The molecule has 0 saturated heterocycles. The van der Waals surface area contributed by atoms with Gasteiger partial charge in [0, 0.05) is 0 Å². The number of phenols is 3. The SMILES string of the molecule is Oc1ccc(C(=S)[S-])cc1.Oc1ccc(C(=S)[S-])cc1.Oc1ccc(C(=S)[S-])cc1.[Co+3]. The number of hydrogen-bond donors (Lipinski definition) is 3. The van der Waals surface area contributed by atoms with Crippen molar-refractivity contribution >= 4 is 87.1 Å². The summed E-state index contributed by atoms with van der Waals surface area (Å²) < 4.78 is 1.29. The van der Waals surface area contributed by atoms with Crippen molar-refractivity contribution in [1.82, 2.24) is 0 Å². The van der Waals surface area contributed by atoms with Crippen LogP contribution in [0.1, 0.15) is 16.7 Å². The summed E-state index contributed by atoms with van der Waals surface area (Å²) in [4.78, 5) is 0. The third-order valence-corrected chi connectivity index (χ3v) is 4.72. The van der Waals surface area contributed by atoms with Crippen LogP contribution in [0, 0.1) is 0 Å². The Balaban J connectivity index is 0.000000429. The summed E-state index contributed by atoms with van der Waals surface area (Å²) in [5, 5.41) is 26.6. The normalized spacial score (nSPS) is 8.90. The van der Waals surface area contributed by atoms with Gasteiger partial charge in [0.15, 0.2) is 0 Å². The largest absolute Gasteiger partial charge is 3.00 e. The van der Waals surface area contributed by atoms with Crippen LogP contribution in [0.2, 0.25) is 0 Å². The van der Waals surface area contributed by atoms with Crippen LogP contribution in [0.5, 0.6) is 17.2 Å². The third kappa shape index (κ3) is 12.2. The molecule has 3 aromatic rings. The molecule has 0 unspecified atom stereocenters. The van der Waals surface area contributed by atoms with Crippen molar-refractivity contribution in [2.24, 2.45) is 0 Å². The van der Waals surface area contributed by atoms with Crippen LogP contribution in [0.3, 0.4) is 0 Å². The van der Waals surface area contributed by atoms with Crippen molar-refractivity contribution in [3.05, 3.63) is 89.5 Å². The quantitative estimate of drug-likeness (QED) is 0.305. The van der Waals surface area contributed by atoms with E-state index in [1.165, 1.54) is 0 Å². The summed E-state index contributed by atoms with van der Waals surface area (Å²) in [6, 6.07) is 19.6. The average Bonchev–Trinajstić information content (AvgIpc) is 2.70. The first-order valence-electron chi connectivity index (χ1n) is 8.11. The molecule has 0 aliphatic rings. The number of aromatic hydroxyl groups is 3. The van der Waals surface area contributed by atoms with Crippen LogP contribution in [0.25, 0.3) is 0 Å². The standard InChI is InChI=1S/3C7H6OS2.Co/c3*8-6-3-1-5(2-4-6)7(9)10;/h3*1-4,8H,(H,9,10);/q;;;+3/p-3. The second kappa shape index (κ2) is 15.3. The van der Waals surface area contributed by atoms with Gasteiger partial charge in [-0.3, -0.25) is 0 Å². The molecular weight excluding hydrogens is 552 g/mol. The second-order valence-corrected chi connectivity index (χ2v) is 8.73. The number of benzene rings is 3. The van der Waals surface area contributed by atoms with Gasteiger partial charge in [-0.1, -0.05) is 36.4 Å². The van der Waals surface area contributed by atoms with E-state index in [9.17, 15) is 0 Å². The van der Waals surface area contributed by atoms with Crippen LogP contribution >= 0.6 is 36.7 Å². The molecule has 3 N–H and O–H groups in total. The van der Waals surface area contributed by atoms with Crippen molar-refractivity contribution < 1.29 is 32.1 Å². The van der Waals surface area contributed by atoms with E-state index in [2.05, 4.69) is 0 Å². The maximum absolute atomic E-state index is 8.86. The fourth-order valence-electron chi connectivity index (χ4n) is 1.79. The van der Waals surface area contributed by atoms with E-state index >= 15 is 0 Å². The maximum atomic E-state index is 8.86. The van der Waals surface area contributed by atoms with E-state index in [0.717, 1.165) is 16.7 Å². The summed E-state index contributed by atoms with van der Waals surface area (Å²) in [6.07, 6.45) is 0. The monoisotopic (exact) mass is 566 g/mol. The molecule has 0 aliphatic heterocycles. The predicted molar refractivity (Wildman–Crippen MR) is 142 cm³/mol. The minimum Gasteiger partial charge on any atom is -0.508 e. The molecule has 0 amide bonds. The van der Waals surface area contributed by atoms with E-state index in [1.54, 1.807) is 72.8 Å². The molecule has 0 atom stereocenters. The van der Waals surface area contributed by atoms with Gasteiger partial charge in [0.2, 0.25) is 0 Å². The molecule has 3 nitrogen and oxygen atoms in total. The third-order valence-electron chi connectivity index (χ3n) is 3.31. The summed E-state index contributed by atoms with van der Waals surface area (Å²) in [7, 11) is 0. The zero-order valence-electron chi connectivity index (χ0n) is 15.6. The van der Waals surface area contributed by atoms with Crippen LogP contribution < -0.4 is 0 Å². The minimum atomic E-state index is 0. The van der Waals surface area contributed by atoms with Gasteiger partial charge in [-0.2, -0.15) is 0 Å². The maximum Gasteiger partial charge on any atom is 3.00 e. The fraction of sp³-hybridized carbons (Fsp3) is 0. The Morgan fingerprint density at radius 1 is 0.452 bits per heavy atom. The van der Waals surface area contributed by atoms with Gasteiger partial charge in [0.05, 0.1) is 0 Å². The van der Waals surface area contributed by atoms with Crippen molar-refractivity contribution in [3.63, 3.8) is 0 Å². The van der Waals surface area contributed by atoms with Crippen LogP contribution in [-0.4, -0.2) is 27.9 Å². The first-order chi connectivity index (χ1) is 14.1. The van der Waals surface area contributed by atoms with Crippen LogP contribution in [-0.2, 0) is 54.7 Å². The first-order valence-corrected chi connectivity index (χ1v) is 10.6. The fourth-order valence-corrected chi connectivity index (χ4v) is 2.61. The van der Waals surface area contributed by atoms with Gasteiger partial charge in [0.25, 0.3) is 0 Å². The topological polar surface area (TPSA) is 60.7 Å². The molecule has 0 fully saturated rings. The Hall–Kier alpha value is -1.50. The van der Waals surface area contributed by atoms with E-state index in [1.807, 2.05) is 0 Å². The second-order valence-electron chi connectivity index (χ2n) is 5.50. The summed E-state index contributed by atoms with van der Waals surface area (Å²) in [6.45, 7) is 0. The van der Waals surface area contributed by atoms with Gasteiger partial charge in [-0.25, -0.2) is 0 Å². The molecule has 31 heavy (non-hydrogen) atoms. The molecule has 0 bridgehead atoms. The Labute approximate surface area is 224 Å². The van der Waals surface area contributed by atoms with E-state index < -0.39 is 0 Å². The average molecular weight is 567 g/mol. The molecule has 0 spiro atoms. The molecule has 10 heteroatoms. The molecule has 0 saturated carbocycles. The minimum absolute atomic E-state index is 0. The van der Waals surface area contributed by atoms with Crippen LogP contribution in [0.15, 0.2) is 72.8 Å². The van der Waals surface area contributed by atoms with Gasteiger partial charge in [-0.15, -0.1) is 12.6 Å². The van der Waals surface area contributed by atoms with E-state index in [4.69, 9.17) is 89.9 Å². The van der Waals surface area contributed by atoms with E-state index in [0.29, 0.717) is 12.6 Å².